The highest BCUT2D eigenvalue weighted by Crippen LogP contribution is 2.32. The molecular formula is C17H27NOS. The number of aliphatic hydroxyl groups is 1. The summed E-state index contributed by atoms with van der Waals surface area (Å²) in [6.07, 6.45) is 3.79. The molecule has 0 bridgehead atoms. The van der Waals surface area contributed by atoms with Gasteiger partial charge in [0.15, 0.2) is 0 Å². The van der Waals surface area contributed by atoms with E-state index in [0.29, 0.717) is 12.0 Å². The zero-order chi connectivity index (χ0) is 14.4. The van der Waals surface area contributed by atoms with Crippen molar-refractivity contribution in [3.63, 3.8) is 0 Å². The van der Waals surface area contributed by atoms with Crippen LogP contribution in [0.15, 0.2) is 29.2 Å². The highest BCUT2D eigenvalue weighted by atomic mass is 32.2. The molecule has 112 valence electrons. The number of thioether (sulfide) groups is 1. The zero-order valence-electron chi connectivity index (χ0n) is 12.7. The van der Waals surface area contributed by atoms with Crippen LogP contribution in [0.2, 0.25) is 0 Å². The van der Waals surface area contributed by atoms with Gasteiger partial charge in [-0.2, -0.15) is 0 Å². The molecule has 1 saturated heterocycles. The second kappa shape index (κ2) is 8.06. The van der Waals surface area contributed by atoms with E-state index in [9.17, 15) is 5.11 Å². The van der Waals surface area contributed by atoms with Gasteiger partial charge in [0.1, 0.15) is 0 Å². The summed E-state index contributed by atoms with van der Waals surface area (Å²) in [5.74, 6) is 1.48. The van der Waals surface area contributed by atoms with Crippen LogP contribution in [0.5, 0.6) is 0 Å². The van der Waals surface area contributed by atoms with E-state index in [2.05, 4.69) is 43.0 Å². The first-order valence-corrected chi connectivity index (χ1v) is 8.82. The lowest BCUT2D eigenvalue weighted by molar-refractivity contribution is 0.126. The smallest absolute Gasteiger partial charge is 0.0474 e. The average molecular weight is 293 g/mol. The first kappa shape index (κ1) is 15.9. The third kappa shape index (κ3) is 4.00. The van der Waals surface area contributed by atoms with E-state index in [4.69, 9.17) is 0 Å². The molecular weight excluding hydrogens is 266 g/mol. The Morgan fingerprint density at radius 1 is 1.20 bits per heavy atom. The van der Waals surface area contributed by atoms with Crippen molar-refractivity contribution in [1.82, 2.24) is 4.90 Å². The molecule has 1 aromatic carbocycles. The van der Waals surface area contributed by atoms with Crippen molar-refractivity contribution in [3.05, 3.63) is 29.8 Å². The maximum atomic E-state index is 9.57. The lowest BCUT2D eigenvalue weighted by atomic mass is 9.94. The molecule has 0 saturated carbocycles. The molecule has 2 nitrogen and oxygen atoms in total. The minimum Gasteiger partial charge on any atom is -0.396 e. The monoisotopic (exact) mass is 293 g/mol. The van der Waals surface area contributed by atoms with Gasteiger partial charge in [0.2, 0.25) is 0 Å². The van der Waals surface area contributed by atoms with Gasteiger partial charge in [-0.15, -0.1) is 11.8 Å². The predicted octanol–water partition coefficient (Wildman–Crippen LogP) is 3.95. The number of likely N-dealkylation sites (tertiary alicyclic amines) is 1. The first-order chi connectivity index (χ1) is 9.76. The van der Waals surface area contributed by atoms with Gasteiger partial charge >= 0.3 is 0 Å². The van der Waals surface area contributed by atoms with E-state index in [1.165, 1.54) is 48.6 Å². The molecule has 0 amide bonds. The van der Waals surface area contributed by atoms with Crippen molar-refractivity contribution in [2.24, 2.45) is 5.92 Å². The molecule has 2 rings (SSSR count). The average Bonchev–Trinajstić information content (AvgIpc) is 3.00. The van der Waals surface area contributed by atoms with Crippen molar-refractivity contribution in [2.75, 3.05) is 25.4 Å². The summed E-state index contributed by atoms with van der Waals surface area (Å²) >= 11 is 1.92. The Kier molecular flexibility index (Phi) is 6.40. The number of hydrogen-bond acceptors (Lipinski definition) is 3. The minimum absolute atomic E-state index is 0.257. The predicted molar refractivity (Wildman–Crippen MR) is 87.3 cm³/mol. The lowest BCUT2D eigenvalue weighted by Gasteiger charge is -2.32. The lowest BCUT2D eigenvalue weighted by Crippen LogP contribution is -2.31. The SMILES string of the molecule is CCCSc1ccc(C(C(C)CO)N2CCCC2)cc1. The third-order valence-corrected chi connectivity index (χ3v) is 5.27. The molecule has 3 heteroatoms. The fourth-order valence-electron chi connectivity index (χ4n) is 3.00. The number of benzene rings is 1. The molecule has 1 aliphatic heterocycles. The summed E-state index contributed by atoms with van der Waals surface area (Å²) in [5, 5.41) is 9.57. The Morgan fingerprint density at radius 3 is 2.40 bits per heavy atom. The highest BCUT2D eigenvalue weighted by molar-refractivity contribution is 7.99. The Balaban J connectivity index is 2.11. The third-order valence-electron chi connectivity index (χ3n) is 4.06. The zero-order valence-corrected chi connectivity index (χ0v) is 13.5. The molecule has 1 heterocycles. The van der Waals surface area contributed by atoms with Crippen molar-refractivity contribution < 1.29 is 5.11 Å². The number of rotatable bonds is 7. The number of nitrogens with zero attached hydrogens (tertiary/aromatic N) is 1. The molecule has 2 unspecified atom stereocenters. The van der Waals surface area contributed by atoms with E-state index >= 15 is 0 Å². The summed E-state index contributed by atoms with van der Waals surface area (Å²) in [6.45, 7) is 6.96. The minimum atomic E-state index is 0.257. The van der Waals surface area contributed by atoms with Gasteiger partial charge in [-0.05, 0) is 61.7 Å². The van der Waals surface area contributed by atoms with E-state index in [1.54, 1.807) is 0 Å². The van der Waals surface area contributed by atoms with Crippen LogP contribution in [0.3, 0.4) is 0 Å². The van der Waals surface area contributed by atoms with Gasteiger partial charge in [-0.1, -0.05) is 26.0 Å². The number of hydrogen-bond donors (Lipinski definition) is 1. The van der Waals surface area contributed by atoms with E-state index in [0.717, 1.165) is 0 Å². The van der Waals surface area contributed by atoms with Crippen LogP contribution < -0.4 is 0 Å². The molecule has 0 spiro atoms. The van der Waals surface area contributed by atoms with E-state index < -0.39 is 0 Å². The summed E-state index contributed by atoms with van der Waals surface area (Å²) < 4.78 is 0. The van der Waals surface area contributed by atoms with Crippen LogP contribution in [0.25, 0.3) is 0 Å². The normalized spacial score (nSPS) is 19.1. The largest absolute Gasteiger partial charge is 0.396 e. The second-order valence-corrected chi connectivity index (χ2v) is 6.93. The van der Waals surface area contributed by atoms with Crippen LogP contribution in [0.1, 0.15) is 44.7 Å². The van der Waals surface area contributed by atoms with Crippen molar-refractivity contribution in [1.29, 1.82) is 0 Å². The van der Waals surface area contributed by atoms with Gasteiger partial charge < -0.3 is 5.11 Å². The first-order valence-electron chi connectivity index (χ1n) is 7.84. The Hall–Kier alpha value is -0.510. The van der Waals surface area contributed by atoms with Crippen LogP contribution in [-0.2, 0) is 0 Å². The molecule has 0 aromatic heterocycles. The fraction of sp³-hybridized carbons (Fsp3) is 0.647. The van der Waals surface area contributed by atoms with E-state index in [-0.39, 0.29) is 6.61 Å². The van der Waals surface area contributed by atoms with Gasteiger partial charge in [-0.25, -0.2) is 0 Å². The van der Waals surface area contributed by atoms with Crippen LogP contribution in [0, 0.1) is 5.92 Å². The van der Waals surface area contributed by atoms with Gasteiger partial charge in [-0.3, -0.25) is 4.90 Å². The Labute approximate surface area is 127 Å². The van der Waals surface area contributed by atoms with Crippen LogP contribution in [-0.4, -0.2) is 35.5 Å². The number of aliphatic hydroxyl groups excluding tert-OH is 1. The van der Waals surface area contributed by atoms with Gasteiger partial charge in [0, 0.05) is 17.5 Å². The topological polar surface area (TPSA) is 23.5 Å². The standard InChI is InChI=1S/C17H27NOS/c1-3-12-20-16-8-6-15(7-9-16)17(14(2)13-19)18-10-4-5-11-18/h6-9,14,17,19H,3-5,10-13H2,1-2H3. The highest BCUT2D eigenvalue weighted by Gasteiger charge is 2.27. The summed E-state index contributed by atoms with van der Waals surface area (Å²) in [6, 6.07) is 9.36. The van der Waals surface area contributed by atoms with Gasteiger partial charge in [0.25, 0.3) is 0 Å². The molecule has 1 N–H and O–H groups in total. The maximum absolute atomic E-state index is 9.57. The van der Waals surface area contributed by atoms with Crippen LogP contribution in [0.4, 0.5) is 0 Å². The van der Waals surface area contributed by atoms with Crippen molar-refractivity contribution in [2.45, 2.75) is 44.0 Å². The Morgan fingerprint density at radius 2 is 1.85 bits per heavy atom. The van der Waals surface area contributed by atoms with Crippen molar-refractivity contribution >= 4 is 11.8 Å². The molecule has 2 atom stereocenters. The molecule has 1 fully saturated rings. The summed E-state index contributed by atoms with van der Waals surface area (Å²) in [5.41, 5.74) is 1.36. The fourth-order valence-corrected chi connectivity index (χ4v) is 3.77. The Bertz CT molecular complexity index is 386. The van der Waals surface area contributed by atoms with Crippen LogP contribution >= 0.6 is 11.8 Å². The van der Waals surface area contributed by atoms with Crippen molar-refractivity contribution in [3.8, 4) is 0 Å². The second-order valence-electron chi connectivity index (χ2n) is 5.77. The molecule has 1 aliphatic rings. The molecule has 0 aliphatic carbocycles. The van der Waals surface area contributed by atoms with Gasteiger partial charge in [0.05, 0.1) is 0 Å². The molecule has 0 radical (unpaired) electrons. The summed E-state index contributed by atoms with van der Waals surface area (Å²) in [7, 11) is 0. The van der Waals surface area contributed by atoms with E-state index in [1.807, 2.05) is 11.8 Å². The maximum Gasteiger partial charge on any atom is 0.0474 e. The molecule has 1 aromatic rings. The summed E-state index contributed by atoms with van der Waals surface area (Å²) in [4.78, 5) is 3.89. The molecule has 20 heavy (non-hydrogen) atoms. The quantitative estimate of drug-likeness (QED) is 0.770.